The lowest BCUT2D eigenvalue weighted by molar-refractivity contribution is -0.129. The third-order valence-corrected chi connectivity index (χ3v) is 5.26. The minimum atomic E-state index is 0.102. The molecule has 0 aliphatic carbocycles. The van der Waals surface area contributed by atoms with Gasteiger partial charge in [0.1, 0.15) is 23.7 Å². The number of nitrogens with one attached hydrogen (secondary N) is 1. The Morgan fingerprint density at radius 2 is 1.87 bits per heavy atom. The largest absolute Gasteiger partial charge is 0.497 e. The van der Waals surface area contributed by atoms with Crippen LogP contribution in [0.25, 0.3) is 11.1 Å². The van der Waals surface area contributed by atoms with Gasteiger partial charge in [0.05, 0.1) is 13.7 Å². The van der Waals surface area contributed by atoms with Crippen molar-refractivity contribution >= 4 is 17.5 Å². The molecular weight excluding hydrogens is 378 g/mol. The van der Waals surface area contributed by atoms with Crippen molar-refractivity contribution in [1.29, 1.82) is 0 Å². The molecule has 1 amide bonds. The summed E-state index contributed by atoms with van der Waals surface area (Å²) in [4.78, 5) is 24.3. The van der Waals surface area contributed by atoms with E-state index in [0.717, 1.165) is 40.6 Å². The van der Waals surface area contributed by atoms with Gasteiger partial charge in [-0.1, -0.05) is 36.4 Å². The molecule has 4 rings (SSSR count). The van der Waals surface area contributed by atoms with Gasteiger partial charge in [0.2, 0.25) is 5.91 Å². The number of nitrogens with zero attached hydrogens (tertiary/aromatic N) is 4. The fourth-order valence-corrected chi connectivity index (χ4v) is 3.38. The number of methoxy groups -OCH3 is 1. The fourth-order valence-electron chi connectivity index (χ4n) is 3.38. The molecule has 0 bridgehead atoms. The molecule has 7 heteroatoms. The van der Waals surface area contributed by atoms with Gasteiger partial charge < -0.3 is 19.9 Å². The number of carbonyl (C=O) groups excluding carboxylic acids is 1. The molecule has 1 aliphatic rings. The molecule has 1 saturated heterocycles. The van der Waals surface area contributed by atoms with Crippen LogP contribution in [0.5, 0.6) is 5.75 Å². The molecule has 1 aliphatic heterocycles. The van der Waals surface area contributed by atoms with Crippen LogP contribution in [-0.4, -0.2) is 54.6 Å². The van der Waals surface area contributed by atoms with Crippen molar-refractivity contribution in [2.45, 2.75) is 6.54 Å². The number of likely N-dealkylation sites (N-methyl/N-ethyl adjacent to an activating group) is 1. The predicted molar refractivity (Wildman–Crippen MR) is 118 cm³/mol. The molecule has 7 nitrogen and oxygen atoms in total. The quantitative estimate of drug-likeness (QED) is 0.682. The van der Waals surface area contributed by atoms with E-state index in [2.05, 4.69) is 45.6 Å². The molecule has 0 atom stereocenters. The lowest BCUT2D eigenvalue weighted by atomic mass is 10.0. The van der Waals surface area contributed by atoms with Crippen LogP contribution in [0, 0.1) is 0 Å². The Morgan fingerprint density at radius 1 is 1.03 bits per heavy atom. The summed E-state index contributed by atoms with van der Waals surface area (Å²) in [6, 6.07) is 18.3. The van der Waals surface area contributed by atoms with E-state index in [4.69, 9.17) is 4.74 Å². The maximum atomic E-state index is 12.0. The summed E-state index contributed by atoms with van der Waals surface area (Å²) in [6.45, 7) is 2.46. The first-order valence-corrected chi connectivity index (χ1v) is 9.90. The van der Waals surface area contributed by atoms with Crippen molar-refractivity contribution in [3.05, 3.63) is 66.5 Å². The Labute approximate surface area is 176 Å². The van der Waals surface area contributed by atoms with Crippen molar-refractivity contribution < 1.29 is 9.53 Å². The molecular formula is C23H25N5O2. The van der Waals surface area contributed by atoms with Crippen LogP contribution < -0.4 is 15.0 Å². The number of benzene rings is 2. The number of carbonyl (C=O) groups is 1. The molecule has 0 saturated carbocycles. The number of aromatic nitrogens is 2. The molecule has 2 aromatic carbocycles. The molecule has 1 aromatic heterocycles. The molecule has 3 aromatic rings. The molecule has 0 radical (unpaired) electrons. The van der Waals surface area contributed by atoms with Gasteiger partial charge in [-0.2, -0.15) is 0 Å². The van der Waals surface area contributed by atoms with Gasteiger partial charge in [0.15, 0.2) is 0 Å². The van der Waals surface area contributed by atoms with E-state index in [9.17, 15) is 4.79 Å². The summed E-state index contributed by atoms with van der Waals surface area (Å²) in [5, 5.41) is 3.34. The standard InChI is InChI=1S/C23H25N5O2/c1-27-10-11-28(15-23(27)29)22-13-21(25-16-26-22)24-14-17-6-8-18(9-7-17)19-4-3-5-20(12-19)30-2/h3-9,12-13,16H,10-11,14-15H2,1-2H3,(H,24,25,26). The molecule has 2 heterocycles. The van der Waals surface area contributed by atoms with E-state index in [1.165, 1.54) is 6.33 Å². The first kappa shape index (κ1) is 19.7. The summed E-state index contributed by atoms with van der Waals surface area (Å²) in [5.41, 5.74) is 3.41. The van der Waals surface area contributed by atoms with E-state index in [1.54, 1.807) is 12.0 Å². The number of hydrogen-bond acceptors (Lipinski definition) is 6. The van der Waals surface area contributed by atoms with E-state index in [1.807, 2.05) is 36.2 Å². The molecule has 154 valence electrons. The van der Waals surface area contributed by atoms with Crippen LogP contribution in [0.2, 0.25) is 0 Å². The van der Waals surface area contributed by atoms with Gasteiger partial charge in [-0.15, -0.1) is 0 Å². The van der Waals surface area contributed by atoms with Crippen molar-refractivity contribution in [1.82, 2.24) is 14.9 Å². The number of rotatable bonds is 6. The summed E-state index contributed by atoms with van der Waals surface area (Å²) < 4.78 is 5.31. The zero-order valence-electron chi connectivity index (χ0n) is 17.2. The number of hydrogen-bond donors (Lipinski definition) is 1. The smallest absolute Gasteiger partial charge is 0.241 e. The number of amides is 1. The Balaban J connectivity index is 1.39. The van der Waals surface area contributed by atoms with E-state index in [0.29, 0.717) is 19.6 Å². The lowest BCUT2D eigenvalue weighted by Gasteiger charge is -2.32. The topological polar surface area (TPSA) is 70.6 Å². The minimum absolute atomic E-state index is 0.102. The summed E-state index contributed by atoms with van der Waals surface area (Å²) in [7, 11) is 3.50. The third kappa shape index (κ3) is 4.51. The highest BCUT2D eigenvalue weighted by Crippen LogP contribution is 2.24. The Bertz CT molecular complexity index is 1020. The van der Waals surface area contributed by atoms with Crippen molar-refractivity contribution in [2.75, 3.05) is 44.0 Å². The Kier molecular flexibility index (Phi) is 5.79. The maximum absolute atomic E-state index is 12.0. The van der Waals surface area contributed by atoms with Crippen LogP contribution in [-0.2, 0) is 11.3 Å². The molecule has 0 spiro atoms. The summed E-state index contributed by atoms with van der Waals surface area (Å²) in [6.07, 6.45) is 1.53. The number of anilines is 2. The third-order valence-electron chi connectivity index (χ3n) is 5.26. The van der Waals surface area contributed by atoms with E-state index in [-0.39, 0.29) is 5.91 Å². The van der Waals surface area contributed by atoms with Crippen LogP contribution in [0.3, 0.4) is 0 Å². The highest BCUT2D eigenvalue weighted by Gasteiger charge is 2.22. The first-order valence-electron chi connectivity index (χ1n) is 9.90. The van der Waals surface area contributed by atoms with Crippen molar-refractivity contribution in [3.63, 3.8) is 0 Å². The average molecular weight is 403 g/mol. The monoisotopic (exact) mass is 403 g/mol. The predicted octanol–water partition coefficient (Wildman–Crippen LogP) is 3.04. The zero-order chi connectivity index (χ0) is 20.9. The second kappa shape index (κ2) is 8.82. The molecule has 1 N–H and O–H groups in total. The van der Waals surface area contributed by atoms with Crippen LogP contribution >= 0.6 is 0 Å². The normalized spacial score (nSPS) is 14.0. The Hall–Kier alpha value is -3.61. The molecule has 0 unspecified atom stereocenters. The fraction of sp³-hybridized carbons (Fsp3) is 0.261. The van der Waals surface area contributed by atoms with E-state index >= 15 is 0 Å². The van der Waals surface area contributed by atoms with Gasteiger partial charge in [-0.3, -0.25) is 4.79 Å². The highest BCUT2D eigenvalue weighted by atomic mass is 16.5. The van der Waals surface area contributed by atoms with Gasteiger partial charge in [0.25, 0.3) is 0 Å². The van der Waals surface area contributed by atoms with Crippen molar-refractivity contribution in [2.24, 2.45) is 0 Å². The van der Waals surface area contributed by atoms with Crippen molar-refractivity contribution in [3.8, 4) is 16.9 Å². The van der Waals surface area contributed by atoms with Gasteiger partial charge in [0, 0.05) is 32.7 Å². The summed E-state index contributed by atoms with van der Waals surface area (Å²) in [5.74, 6) is 2.45. The highest BCUT2D eigenvalue weighted by molar-refractivity contribution is 5.82. The Morgan fingerprint density at radius 3 is 2.63 bits per heavy atom. The second-order valence-corrected chi connectivity index (χ2v) is 7.28. The average Bonchev–Trinajstić information content (AvgIpc) is 2.80. The summed E-state index contributed by atoms with van der Waals surface area (Å²) >= 11 is 0. The first-order chi connectivity index (χ1) is 14.6. The second-order valence-electron chi connectivity index (χ2n) is 7.28. The van der Waals surface area contributed by atoms with Gasteiger partial charge in [-0.25, -0.2) is 9.97 Å². The van der Waals surface area contributed by atoms with Crippen LogP contribution in [0.1, 0.15) is 5.56 Å². The minimum Gasteiger partial charge on any atom is -0.497 e. The van der Waals surface area contributed by atoms with Gasteiger partial charge in [-0.05, 0) is 28.8 Å². The lowest BCUT2D eigenvalue weighted by Crippen LogP contribution is -2.48. The number of ether oxygens (including phenoxy) is 1. The van der Waals surface area contributed by atoms with Crippen LogP contribution in [0.15, 0.2) is 60.9 Å². The molecule has 30 heavy (non-hydrogen) atoms. The number of piperazine rings is 1. The maximum Gasteiger partial charge on any atom is 0.241 e. The molecule has 1 fully saturated rings. The van der Waals surface area contributed by atoms with Gasteiger partial charge >= 0.3 is 0 Å². The zero-order valence-corrected chi connectivity index (χ0v) is 17.2. The van der Waals surface area contributed by atoms with Crippen LogP contribution in [0.4, 0.5) is 11.6 Å². The van der Waals surface area contributed by atoms with E-state index < -0.39 is 0 Å². The SMILES string of the molecule is COc1cccc(-c2ccc(CNc3cc(N4CCN(C)C(=O)C4)ncn3)cc2)c1.